The molecule has 0 unspecified atom stereocenters. The van der Waals surface area contributed by atoms with Gasteiger partial charge in [0.2, 0.25) is 0 Å². The van der Waals surface area contributed by atoms with Gasteiger partial charge < -0.3 is 10.1 Å². The molecule has 0 heterocycles. The van der Waals surface area contributed by atoms with Gasteiger partial charge in [-0.05, 0) is 51.0 Å². The van der Waals surface area contributed by atoms with E-state index < -0.39 is 0 Å². The highest BCUT2D eigenvalue weighted by molar-refractivity contribution is 9.10. The van der Waals surface area contributed by atoms with Gasteiger partial charge in [-0.1, -0.05) is 48.0 Å². The Kier molecular flexibility index (Phi) is 4.84. The second-order valence-corrected chi connectivity index (χ2v) is 6.18. The molecule has 0 radical (unpaired) electrons. The second kappa shape index (κ2) is 7.02. The van der Waals surface area contributed by atoms with Crippen molar-refractivity contribution in [2.24, 2.45) is 0 Å². The third-order valence-corrected chi connectivity index (χ3v) is 4.35. The number of rotatable bonds is 4. The third kappa shape index (κ3) is 3.84. The zero-order valence-electron chi connectivity index (χ0n) is 12.1. The first kappa shape index (κ1) is 15.8. The van der Waals surface area contributed by atoms with Crippen molar-refractivity contribution < 1.29 is 9.53 Å². The van der Waals surface area contributed by atoms with Crippen LogP contribution in [0.15, 0.2) is 65.1 Å². The maximum Gasteiger partial charge on any atom is 0.262 e. The number of amides is 1. The van der Waals surface area contributed by atoms with Crippen molar-refractivity contribution in [2.75, 3.05) is 11.9 Å². The molecule has 0 aliphatic rings. The average molecular weight is 391 g/mol. The monoisotopic (exact) mass is 389 g/mol. The zero-order chi connectivity index (χ0) is 16.2. The molecule has 116 valence electrons. The second-order valence-electron chi connectivity index (χ2n) is 4.95. The van der Waals surface area contributed by atoms with Crippen molar-refractivity contribution in [3.05, 3.63) is 70.2 Å². The molecular formula is C18H13BrClNO2. The molecule has 3 aromatic carbocycles. The molecule has 0 aromatic heterocycles. The van der Waals surface area contributed by atoms with Gasteiger partial charge in [0.15, 0.2) is 6.61 Å². The number of carbonyl (C=O) groups excluding carboxylic acids is 1. The summed E-state index contributed by atoms with van der Waals surface area (Å²) >= 11 is 9.42. The summed E-state index contributed by atoms with van der Waals surface area (Å²) in [5.41, 5.74) is 0.642. The van der Waals surface area contributed by atoms with Crippen molar-refractivity contribution in [2.45, 2.75) is 0 Å². The van der Waals surface area contributed by atoms with Crippen LogP contribution < -0.4 is 10.1 Å². The van der Waals surface area contributed by atoms with Gasteiger partial charge in [-0.3, -0.25) is 4.79 Å². The fourth-order valence-electron chi connectivity index (χ4n) is 2.23. The van der Waals surface area contributed by atoms with E-state index in [1.807, 2.05) is 36.4 Å². The van der Waals surface area contributed by atoms with Crippen LogP contribution in [0.2, 0.25) is 5.02 Å². The van der Waals surface area contributed by atoms with Gasteiger partial charge in [-0.15, -0.1) is 0 Å². The van der Waals surface area contributed by atoms with Gasteiger partial charge in [0.05, 0.1) is 4.47 Å². The van der Waals surface area contributed by atoms with Gasteiger partial charge in [-0.2, -0.15) is 0 Å². The van der Waals surface area contributed by atoms with Gasteiger partial charge >= 0.3 is 0 Å². The summed E-state index contributed by atoms with van der Waals surface area (Å²) in [6.45, 7) is -0.0799. The van der Waals surface area contributed by atoms with Crippen molar-refractivity contribution in [1.29, 1.82) is 0 Å². The molecule has 1 amide bonds. The molecule has 0 saturated carbocycles. The van der Waals surface area contributed by atoms with E-state index in [0.29, 0.717) is 16.5 Å². The maximum absolute atomic E-state index is 12.0. The van der Waals surface area contributed by atoms with Crippen LogP contribution in [0.1, 0.15) is 0 Å². The van der Waals surface area contributed by atoms with E-state index in [2.05, 4.69) is 21.2 Å². The Morgan fingerprint density at radius 1 is 1.09 bits per heavy atom. The number of carbonyl (C=O) groups is 1. The Bertz CT molecular complexity index is 867. The highest BCUT2D eigenvalue weighted by atomic mass is 79.9. The molecule has 0 aliphatic heterocycles. The van der Waals surface area contributed by atoms with Crippen LogP contribution in [-0.2, 0) is 4.79 Å². The van der Waals surface area contributed by atoms with Gasteiger partial charge in [-0.25, -0.2) is 0 Å². The minimum atomic E-state index is -0.243. The van der Waals surface area contributed by atoms with Crippen LogP contribution in [0, 0.1) is 0 Å². The lowest BCUT2D eigenvalue weighted by molar-refractivity contribution is -0.118. The highest BCUT2D eigenvalue weighted by Gasteiger charge is 2.09. The van der Waals surface area contributed by atoms with Crippen LogP contribution in [0.4, 0.5) is 5.69 Å². The standard InChI is InChI=1S/C18H13BrClNO2/c19-18-15-7-2-1-4-12(15)8-9-16(18)23-11-17(22)21-14-6-3-5-13(20)10-14/h1-10H,11H2,(H,21,22). The van der Waals surface area contributed by atoms with E-state index in [0.717, 1.165) is 15.2 Å². The van der Waals surface area contributed by atoms with E-state index in [-0.39, 0.29) is 12.5 Å². The smallest absolute Gasteiger partial charge is 0.262 e. The molecule has 3 aromatic rings. The molecule has 23 heavy (non-hydrogen) atoms. The van der Waals surface area contributed by atoms with E-state index in [9.17, 15) is 4.79 Å². The molecule has 0 atom stereocenters. The topological polar surface area (TPSA) is 38.3 Å². The predicted molar refractivity (Wildman–Crippen MR) is 97.2 cm³/mol. The number of nitrogens with one attached hydrogen (secondary N) is 1. The highest BCUT2D eigenvalue weighted by Crippen LogP contribution is 2.33. The van der Waals surface area contributed by atoms with E-state index in [1.54, 1.807) is 24.3 Å². The SMILES string of the molecule is O=C(COc1ccc2ccccc2c1Br)Nc1cccc(Cl)c1. The largest absolute Gasteiger partial charge is 0.483 e. The summed E-state index contributed by atoms with van der Waals surface area (Å²) in [6.07, 6.45) is 0. The quantitative estimate of drug-likeness (QED) is 0.659. The molecule has 3 nitrogen and oxygen atoms in total. The Balaban J connectivity index is 1.68. The molecule has 0 bridgehead atoms. The van der Waals surface area contributed by atoms with Crippen LogP contribution in [0.3, 0.4) is 0 Å². The number of halogens is 2. The van der Waals surface area contributed by atoms with Gasteiger partial charge in [0.1, 0.15) is 5.75 Å². The van der Waals surface area contributed by atoms with Crippen LogP contribution in [-0.4, -0.2) is 12.5 Å². The zero-order valence-corrected chi connectivity index (χ0v) is 14.4. The van der Waals surface area contributed by atoms with Crippen LogP contribution in [0.5, 0.6) is 5.75 Å². The summed E-state index contributed by atoms with van der Waals surface area (Å²) in [4.78, 5) is 12.0. The molecule has 0 saturated heterocycles. The van der Waals surface area contributed by atoms with Crippen molar-refractivity contribution in [1.82, 2.24) is 0 Å². The van der Waals surface area contributed by atoms with Crippen molar-refractivity contribution in [3.63, 3.8) is 0 Å². The van der Waals surface area contributed by atoms with Crippen molar-refractivity contribution >= 4 is 49.9 Å². The number of fused-ring (bicyclic) bond motifs is 1. The number of benzene rings is 3. The fourth-order valence-corrected chi connectivity index (χ4v) is 3.03. The first-order valence-electron chi connectivity index (χ1n) is 6.99. The van der Waals surface area contributed by atoms with E-state index in [1.165, 1.54) is 0 Å². The van der Waals surface area contributed by atoms with Gasteiger partial charge in [0, 0.05) is 10.7 Å². The summed E-state index contributed by atoms with van der Waals surface area (Å²) < 4.78 is 6.46. The Hall–Kier alpha value is -2.04. The predicted octanol–water partition coefficient (Wildman–Crippen LogP) is 5.27. The Labute approximate surface area is 147 Å². The third-order valence-electron chi connectivity index (χ3n) is 3.29. The summed E-state index contributed by atoms with van der Waals surface area (Å²) in [6, 6.07) is 18.8. The minimum absolute atomic E-state index is 0.0799. The Morgan fingerprint density at radius 3 is 2.74 bits per heavy atom. The van der Waals surface area contributed by atoms with Gasteiger partial charge in [0.25, 0.3) is 5.91 Å². The number of ether oxygens (including phenoxy) is 1. The van der Waals surface area contributed by atoms with E-state index in [4.69, 9.17) is 16.3 Å². The number of anilines is 1. The first-order chi connectivity index (χ1) is 11.1. The minimum Gasteiger partial charge on any atom is -0.483 e. The number of hydrogen-bond donors (Lipinski definition) is 1. The van der Waals surface area contributed by atoms with Crippen LogP contribution >= 0.6 is 27.5 Å². The lowest BCUT2D eigenvalue weighted by Gasteiger charge is -2.11. The molecular weight excluding hydrogens is 378 g/mol. The molecule has 0 aliphatic carbocycles. The van der Waals surface area contributed by atoms with Crippen LogP contribution in [0.25, 0.3) is 10.8 Å². The molecule has 5 heteroatoms. The Morgan fingerprint density at radius 2 is 1.91 bits per heavy atom. The lowest BCUT2D eigenvalue weighted by Crippen LogP contribution is -2.20. The maximum atomic E-state index is 12.0. The molecule has 0 fully saturated rings. The molecule has 3 rings (SSSR count). The van der Waals surface area contributed by atoms with E-state index >= 15 is 0 Å². The lowest BCUT2D eigenvalue weighted by atomic mass is 10.1. The molecule has 1 N–H and O–H groups in total. The normalized spacial score (nSPS) is 10.5. The number of hydrogen-bond acceptors (Lipinski definition) is 2. The average Bonchev–Trinajstić information content (AvgIpc) is 2.54. The summed E-state index contributed by atoms with van der Waals surface area (Å²) in [7, 11) is 0. The summed E-state index contributed by atoms with van der Waals surface area (Å²) in [5.74, 6) is 0.386. The fraction of sp³-hybridized carbons (Fsp3) is 0.0556. The molecule has 0 spiro atoms. The van der Waals surface area contributed by atoms with Crippen molar-refractivity contribution in [3.8, 4) is 5.75 Å². The summed E-state index contributed by atoms with van der Waals surface area (Å²) in [5, 5.41) is 5.46. The first-order valence-corrected chi connectivity index (χ1v) is 8.16.